The largest absolute Gasteiger partial charge is 0.492 e. The monoisotopic (exact) mass is 430 g/mol. The molecule has 1 aliphatic carbocycles. The number of fused-ring (bicyclic) bond motifs is 1. The number of hydrogen-bond acceptors (Lipinski definition) is 8. The molecule has 164 valence electrons. The molecule has 0 bridgehead atoms. The van der Waals surface area contributed by atoms with Gasteiger partial charge in [0.2, 0.25) is 0 Å². The first-order valence-corrected chi connectivity index (χ1v) is 10.2. The van der Waals surface area contributed by atoms with E-state index in [-0.39, 0.29) is 46.0 Å². The Morgan fingerprint density at radius 2 is 2.10 bits per heavy atom. The maximum atomic E-state index is 15.5. The van der Waals surface area contributed by atoms with Gasteiger partial charge in [0.05, 0.1) is 23.9 Å². The number of oxazole rings is 1. The number of anilines is 3. The minimum absolute atomic E-state index is 0.0570. The van der Waals surface area contributed by atoms with Crippen LogP contribution in [0.15, 0.2) is 20.3 Å². The second-order valence-electron chi connectivity index (χ2n) is 8.18. The highest BCUT2D eigenvalue weighted by Gasteiger charge is 2.35. The molecule has 5 rings (SSSR count). The number of methoxy groups -OCH3 is 1. The molecule has 1 unspecified atom stereocenters. The van der Waals surface area contributed by atoms with E-state index in [4.69, 9.17) is 20.6 Å². The van der Waals surface area contributed by atoms with Gasteiger partial charge in [-0.05, 0) is 31.6 Å². The molecule has 10 nitrogen and oxygen atoms in total. The summed E-state index contributed by atoms with van der Waals surface area (Å²) in [5.41, 5.74) is 11.2. The Kier molecular flexibility index (Phi) is 4.42. The first kappa shape index (κ1) is 19.5. The lowest BCUT2D eigenvalue weighted by atomic mass is 10.0. The molecule has 5 N–H and O–H groups in total. The molecule has 0 radical (unpaired) electrons. The Bertz CT molecular complexity index is 1290. The molecular weight excluding hydrogens is 407 g/mol. The third-order valence-electron chi connectivity index (χ3n) is 6.07. The lowest BCUT2D eigenvalue weighted by molar-refractivity contribution is 0.413. The summed E-state index contributed by atoms with van der Waals surface area (Å²) in [5.74, 6) is -0.374. The van der Waals surface area contributed by atoms with Gasteiger partial charge in [0, 0.05) is 19.1 Å². The Morgan fingerprint density at radius 3 is 2.74 bits per heavy atom. The van der Waals surface area contributed by atoms with E-state index >= 15 is 4.39 Å². The zero-order chi connectivity index (χ0) is 21.9. The summed E-state index contributed by atoms with van der Waals surface area (Å²) in [5, 5.41) is -0.0570. The normalized spacial score (nSPS) is 18.8. The Balaban J connectivity index is 1.62. The maximum Gasteiger partial charge on any atom is 0.329 e. The van der Waals surface area contributed by atoms with E-state index in [0.717, 1.165) is 25.0 Å². The number of aromatic nitrogens is 3. The van der Waals surface area contributed by atoms with E-state index in [2.05, 4.69) is 9.97 Å². The zero-order valence-corrected chi connectivity index (χ0v) is 17.0. The van der Waals surface area contributed by atoms with E-state index < -0.39 is 17.1 Å². The van der Waals surface area contributed by atoms with Crippen molar-refractivity contribution in [3.05, 3.63) is 38.6 Å². The number of halogens is 1. The smallest absolute Gasteiger partial charge is 0.329 e. The van der Waals surface area contributed by atoms with E-state index in [9.17, 15) is 9.59 Å². The molecule has 31 heavy (non-hydrogen) atoms. The van der Waals surface area contributed by atoms with Crippen molar-refractivity contribution in [1.29, 1.82) is 0 Å². The fourth-order valence-corrected chi connectivity index (χ4v) is 4.54. The van der Waals surface area contributed by atoms with Gasteiger partial charge in [0.25, 0.3) is 11.6 Å². The van der Waals surface area contributed by atoms with E-state index in [1.807, 2.05) is 4.90 Å². The van der Waals surface area contributed by atoms with E-state index in [1.54, 1.807) is 0 Å². The number of nitrogens with one attached hydrogen (secondary N) is 1. The van der Waals surface area contributed by atoms with Crippen LogP contribution in [0.2, 0.25) is 0 Å². The second-order valence-corrected chi connectivity index (χ2v) is 8.18. The second kappa shape index (κ2) is 7.03. The molecule has 1 aromatic carbocycles. The van der Waals surface area contributed by atoms with Crippen molar-refractivity contribution in [2.75, 3.05) is 36.6 Å². The first-order valence-electron chi connectivity index (χ1n) is 10.2. The first-order chi connectivity index (χ1) is 14.9. The average Bonchev–Trinajstić information content (AvgIpc) is 3.32. The minimum atomic E-state index is -0.721. The van der Waals surface area contributed by atoms with Gasteiger partial charge in [-0.25, -0.2) is 9.18 Å². The number of nitrogen functional groups attached to an aromatic ring is 2. The molecule has 2 aromatic heterocycles. The number of nitrogens with two attached hydrogens (primary N) is 2. The van der Waals surface area contributed by atoms with Gasteiger partial charge in [-0.15, -0.1) is 0 Å². The van der Waals surface area contributed by atoms with Crippen molar-refractivity contribution in [3.8, 4) is 5.75 Å². The van der Waals surface area contributed by atoms with E-state index in [1.165, 1.54) is 17.9 Å². The van der Waals surface area contributed by atoms with Crippen LogP contribution in [0.1, 0.15) is 31.0 Å². The summed E-state index contributed by atoms with van der Waals surface area (Å²) < 4.78 is 27.6. The van der Waals surface area contributed by atoms with Crippen molar-refractivity contribution < 1.29 is 13.5 Å². The van der Waals surface area contributed by atoms with Crippen LogP contribution in [0.25, 0.3) is 10.9 Å². The molecule has 3 heterocycles. The highest BCUT2D eigenvalue weighted by atomic mass is 19.1. The van der Waals surface area contributed by atoms with Crippen molar-refractivity contribution in [3.63, 3.8) is 0 Å². The zero-order valence-electron chi connectivity index (χ0n) is 17.0. The minimum Gasteiger partial charge on any atom is -0.492 e. The third-order valence-corrected chi connectivity index (χ3v) is 6.07. The summed E-state index contributed by atoms with van der Waals surface area (Å²) in [6.07, 6.45) is 4.54. The third kappa shape index (κ3) is 3.11. The van der Waals surface area contributed by atoms with Gasteiger partial charge in [-0.1, -0.05) is 0 Å². The molecule has 1 saturated carbocycles. The molecule has 1 atom stereocenters. The number of nitrogens with zero attached hydrogens (tertiary/aromatic N) is 3. The van der Waals surface area contributed by atoms with Gasteiger partial charge in [0.1, 0.15) is 17.5 Å². The van der Waals surface area contributed by atoms with E-state index in [0.29, 0.717) is 19.5 Å². The highest BCUT2D eigenvalue weighted by Crippen LogP contribution is 2.45. The number of aromatic amines is 1. The number of benzene rings is 1. The van der Waals surface area contributed by atoms with Crippen LogP contribution in [0.3, 0.4) is 0 Å². The summed E-state index contributed by atoms with van der Waals surface area (Å²) in [6.45, 7) is 1.09. The van der Waals surface area contributed by atoms with Crippen molar-refractivity contribution in [1.82, 2.24) is 14.5 Å². The fourth-order valence-electron chi connectivity index (χ4n) is 4.54. The standard InChI is InChI=1S/C20H23FN6O4/c1-30-17-15-12(18(28)25-20(29)27(15)11-2-3-11)14(22)13(21)16(17)26-5-4-9(7-26)6-10-8-31-19(23)24-10/h8-9,11H,2-7,22H2,1H3,(H2,23,24)(H,25,28,29). The van der Waals surface area contributed by atoms with Gasteiger partial charge >= 0.3 is 5.69 Å². The highest BCUT2D eigenvalue weighted by molar-refractivity contribution is 5.99. The van der Waals surface area contributed by atoms with Crippen LogP contribution in [0.4, 0.5) is 21.8 Å². The lowest BCUT2D eigenvalue weighted by Gasteiger charge is -2.25. The van der Waals surface area contributed by atoms with Crippen LogP contribution >= 0.6 is 0 Å². The van der Waals surface area contributed by atoms with Crippen molar-refractivity contribution >= 4 is 28.3 Å². The molecule has 2 fully saturated rings. The molecule has 1 saturated heterocycles. The summed E-state index contributed by atoms with van der Waals surface area (Å²) in [4.78, 5) is 33.3. The fraction of sp³-hybridized carbons (Fsp3) is 0.450. The summed E-state index contributed by atoms with van der Waals surface area (Å²) in [7, 11) is 1.41. The lowest BCUT2D eigenvalue weighted by Crippen LogP contribution is -2.32. The average molecular weight is 430 g/mol. The topological polar surface area (TPSA) is 145 Å². The predicted octanol–water partition coefficient (Wildman–Crippen LogP) is 1.39. The Morgan fingerprint density at radius 1 is 1.32 bits per heavy atom. The Labute approximate surface area is 175 Å². The molecule has 0 amide bonds. The van der Waals surface area contributed by atoms with Gasteiger partial charge in [-0.3, -0.25) is 14.3 Å². The van der Waals surface area contributed by atoms with Crippen LogP contribution < -0.4 is 32.4 Å². The SMILES string of the molecule is COc1c(N2CCC(Cc3coc(N)n3)C2)c(F)c(N)c2c(=O)[nH]c(=O)n(C3CC3)c12. The molecule has 2 aliphatic rings. The molecule has 3 aromatic rings. The van der Waals surface area contributed by atoms with Crippen molar-refractivity contribution in [2.45, 2.75) is 31.7 Å². The van der Waals surface area contributed by atoms with Gasteiger partial charge in [0.15, 0.2) is 11.6 Å². The molecule has 11 heteroatoms. The number of rotatable bonds is 5. The predicted molar refractivity (Wildman–Crippen MR) is 113 cm³/mol. The summed E-state index contributed by atoms with van der Waals surface area (Å²) >= 11 is 0. The van der Waals surface area contributed by atoms with Crippen LogP contribution in [0.5, 0.6) is 5.75 Å². The van der Waals surface area contributed by atoms with Gasteiger partial charge < -0.3 is 25.5 Å². The Hall–Kier alpha value is -3.50. The van der Waals surface area contributed by atoms with Crippen LogP contribution in [0, 0.1) is 11.7 Å². The quantitative estimate of drug-likeness (QED) is 0.515. The van der Waals surface area contributed by atoms with Gasteiger partial charge in [-0.2, -0.15) is 4.98 Å². The molecule has 0 spiro atoms. The van der Waals surface area contributed by atoms with Crippen LogP contribution in [-0.2, 0) is 6.42 Å². The van der Waals surface area contributed by atoms with Crippen LogP contribution in [-0.4, -0.2) is 34.7 Å². The molecular formula is C20H23FN6O4. The maximum absolute atomic E-state index is 15.5. The molecule has 1 aliphatic heterocycles. The van der Waals surface area contributed by atoms with Crippen molar-refractivity contribution in [2.24, 2.45) is 5.92 Å². The number of ether oxygens (including phenoxy) is 1. The number of H-pyrrole nitrogens is 1. The number of hydrogen-bond donors (Lipinski definition) is 3. The summed E-state index contributed by atoms with van der Waals surface area (Å²) in [6, 6.07) is 0.0468.